The second-order valence-electron chi connectivity index (χ2n) is 20.9. The van der Waals surface area contributed by atoms with Crippen LogP contribution in [0.3, 0.4) is 0 Å². The van der Waals surface area contributed by atoms with Crippen LogP contribution in [0.15, 0.2) is 200 Å². The highest BCUT2D eigenvalue weighted by molar-refractivity contribution is 7.90. The molecule has 0 atom stereocenters. The van der Waals surface area contributed by atoms with Gasteiger partial charge in [-0.05, 0) is 105 Å². The number of nitrogens with one attached hydrogen (secondary N) is 1. The summed E-state index contributed by atoms with van der Waals surface area (Å²) in [4.78, 5) is 27.2. The first kappa shape index (κ1) is 49.2. The summed E-state index contributed by atoms with van der Waals surface area (Å²) in [5.41, 5.74) is 13.8. The molecule has 2 aliphatic carbocycles. The first-order valence-electron chi connectivity index (χ1n) is 26.9. The van der Waals surface area contributed by atoms with E-state index in [1.165, 1.54) is 57.6 Å². The van der Waals surface area contributed by atoms with E-state index >= 15 is 0 Å². The Kier molecular flexibility index (Phi) is 14.2. The molecule has 0 radical (unpaired) electrons. The van der Waals surface area contributed by atoms with Crippen LogP contribution in [0.5, 0.6) is 0 Å². The third-order valence-electron chi connectivity index (χ3n) is 16.0. The summed E-state index contributed by atoms with van der Waals surface area (Å²) in [7, 11) is -3.78. The lowest BCUT2D eigenvalue weighted by atomic mass is 9.83. The van der Waals surface area contributed by atoms with E-state index in [9.17, 15) is 8.42 Å². The van der Waals surface area contributed by atoms with E-state index in [1.54, 1.807) is 24.5 Å². The molecule has 1 N–H and O–H groups in total. The number of aromatic amines is 1. The fraction of sp³-hybridized carbons (Fsp3) is 0.270. The fourth-order valence-corrected chi connectivity index (χ4v) is 13.3. The molecule has 384 valence electrons. The summed E-state index contributed by atoms with van der Waals surface area (Å²) in [6.45, 7) is 5.79. The van der Waals surface area contributed by atoms with Crippen LogP contribution >= 0.6 is 0 Å². The summed E-state index contributed by atoms with van der Waals surface area (Å²) in [5, 5.41) is 0. The number of H-pyrrole nitrogens is 1. The molecule has 0 bridgehead atoms. The Morgan fingerprint density at radius 3 is 1.38 bits per heavy atom. The zero-order valence-corrected chi connectivity index (χ0v) is 43.8. The molecule has 2 saturated carbocycles. The zero-order valence-electron chi connectivity index (χ0n) is 43.0. The molecule has 2 fully saturated rings. The lowest BCUT2D eigenvalue weighted by Crippen LogP contribution is -2.37. The van der Waals surface area contributed by atoms with Gasteiger partial charge >= 0.3 is 0 Å². The maximum Gasteiger partial charge on any atom is 0.269 e. The van der Waals surface area contributed by atoms with Gasteiger partial charge in [0.2, 0.25) is 0 Å². The number of fused-ring (bicyclic) bond motifs is 6. The van der Waals surface area contributed by atoms with Crippen LogP contribution < -0.4 is 0 Å². The summed E-state index contributed by atoms with van der Waals surface area (Å²) in [6, 6.07) is 55.2. The first-order chi connectivity index (χ1) is 37.3. The van der Waals surface area contributed by atoms with Crippen molar-refractivity contribution >= 4 is 43.6 Å². The average Bonchev–Trinajstić information content (AvgIpc) is 4.31. The van der Waals surface area contributed by atoms with Crippen LogP contribution in [-0.2, 0) is 36.2 Å². The van der Waals surface area contributed by atoms with Crippen LogP contribution in [0.25, 0.3) is 33.6 Å². The number of nitrogens with zero attached hydrogens (tertiary/aromatic N) is 9. The largest absolute Gasteiger partial charge is 0.345 e. The Hall–Kier alpha value is -7.71. The monoisotopic (exact) mass is 1020 g/mol. The van der Waals surface area contributed by atoms with E-state index in [4.69, 9.17) is 0 Å². The zero-order chi connectivity index (χ0) is 51.4. The van der Waals surface area contributed by atoms with Crippen molar-refractivity contribution in [2.75, 3.05) is 0 Å². The van der Waals surface area contributed by atoms with Gasteiger partial charge in [0, 0.05) is 86.3 Å². The van der Waals surface area contributed by atoms with Crippen molar-refractivity contribution in [1.82, 2.24) is 47.5 Å². The first-order valence-corrected chi connectivity index (χ1v) is 28.4. The van der Waals surface area contributed by atoms with Gasteiger partial charge in [0.25, 0.3) is 10.0 Å². The third kappa shape index (κ3) is 10.3. The van der Waals surface area contributed by atoms with Gasteiger partial charge < -0.3 is 4.98 Å². The summed E-state index contributed by atoms with van der Waals surface area (Å²) in [6.07, 6.45) is 20.2. The van der Waals surface area contributed by atoms with Gasteiger partial charge in [0.1, 0.15) is 0 Å². The molecule has 0 spiro atoms. The molecule has 0 saturated heterocycles. The Morgan fingerprint density at radius 1 is 0.487 bits per heavy atom. The Balaban J connectivity index is 0.000000159. The lowest BCUT2D eigenvalue weighted by Gasteiger charge is -2.37. The molecule has 76 heavy (non-hydrogen) atoms. The van der Waals surface area contributed by atoms with Gasteiger partial charge in [-0.25, -0.2) is 32.3 Å². The molecule has 5 aromatic carbocycles. The molecular weight excluding hydrogens is 961 g/mol. The maximum absolute atomic E-state index is 13.5. The highest BCUT2D eigenvalue weighted by atomic mass is 32.2. The van der Waals surface area contributed by atoms with Crippen LogP contribution in [0.1, 0.15) is 102 Å². The molecule has 13 heteroatoms. The minimum atomic E-state index is -3.78. The SMILES string of the molecule is Cc1ccc(S(=O)(=O)n2ccc3c2ncc2ncc(C4CCC(N(Cc5ccccc5)Cc5ccccc5)CC4)n23)cc1.c1ccc(CN(Cc2ccccc2)C2CCC(c3cnc4cnc5[nH]ccc5n34)CC2)cc1. The Morgan fingerprint density at radius 2 is 0.921 bits per heavy atom. The average molecular weight is 1030 g/mol. The minimum Gasteiger partial charge on any atom is -0.345 e. The number of hydrogen-bond acceptors (Lipinski definition) is 8. The second kappa shape index (κ2) is 21.9. The van der Waals surface area contributed by atoms with Gasteiger partial charge in [-0.15, -0.1) is 0 Å². The fourth-order valence-electron chi connectivity index (χ4n) is 12.0. The number of benzene rings is 5. The van der Waals surface area contributed by atoms with Crippen molar-refractivity contribution in [3.05, 3.63) is 234 Å². The van der Waals surface area contributed by atoms with Crippen LogP contribution in [-0.4, -0.2) is 68.0 Å². The predicted molar refractivity (Wildman–Crippen MR) is 301 cm³/mol. The van der Waals surface area contributed by atoms with Crippen molar-refractivity contribution in [3.8, 4) is 0 Å². The van der Waals surface area contributed by atoms with E-state index in [0.717, 1.165) is 91.1 Å². The number of rotatable bonds is 14. The van der Waals surface area contributed by atoms with Gasteiger partial charge in [0.05, 0.1) is 28.3 Å². The lowest BCUT2D eigenvalue weighted by molar-refractivity contribution is 0.133. The summed E-state index contributed by atoms with van der Waals surface area (Å²) < 4.78 is 32.8. The van der Waals surface area contributed by atoms with Crippen LogP contribution in [0.2, 0.25) is 0 Å². The normalized spacial score (nSPS) is 18.2. The van der Waals surface area contributed by atoms with Gasteiger partial charge in [-0.2, -0.15) is 0 Å². The molecule has 0 unspecified atom stereocenters. The third-order valence-corrected chi connectivity index (χ3v) is 17.7. The van der Waals surface area contributed by atoms with Crippen molar-refractivity contribution in [1.29, 1.82) is 0 Å². The van der Waals surface area contributed by atoms with E-state index in [1.807, 2.05) is 43.7 Å². The minimum absolute atomic E-state index is 0.247. The summed E-state index contributed by atoms with van der Waals surface area (Å²) >= 11 is 0. The predicted octanol–water partition coefficient (Wildman–Crippen LogP) is 12.9. The Bertz CT molecular complexity index is 3700. The standard InChI is InChI=1S/C35H35N5O2S.C28H29N5/c1-26-12-18-31(19-13-26)43(41,42)39-21-20-32-35(39)37-23-34-36-22-33(40(32)34)29-14-16-30(17-15-29)38(24-27-8-4-2-5-9-27)25-28-10-6-3-7-11-28;1-3-7-21(8-4-1)19-32(20-22-9-5-2-6-10-22)24-13-11-23(12-14-24)26-17-30-27-18-31-28-25(33(26)27)15-16-29-28/h2-13,18-23,29-30H,14-17,24-25H2,1H3;1-10,15-18,23-24,29H,11-14,19-20H2. The molecule has 0 amide bonds. The highest BCUT2D eigenvalue weighted by Gasteiger charge is 2.31. The Labute approximate surface area is 444 Å². The number of aromatic nitrogens is 8. The maximum atomic E-state index is 13.5. The van der Waals surface area contributed by atoms with Crippen molar-refractivity contribution in [2.45, 2.75) is 113 Å². The smallest absolute Gasteiger partial charge is 0.269 e. The quantitative estimate of drug-likeness (QED) is 0.114. The van der Waals surface area contributed by atoms with E-state index in [2.05, 4.69) is 177 Å². The molecule has 12 nitrogen and oxygen atoms in total. The topological polar surface area (TPSA) is 122 Å². The van der Waals surface area contributed by atoms with Crippen LogP contribution in [0, 0.1) is 6.92 Å². The van der Waals surface area contributed by atoms with Crippen molar-refractivity contribution < 1.29 is 8.42 Å². The van der Waals surface area contributed by atoms with E-state index < -0.39 is 10.0 Å². The number of hydrogen-bond donors (Lipinski definition) is 1. The van der Waals surface area contributed by atoms with Gasteiger partial charge in [0.15, 0.2) is 22.6 Å². The molecule has 13 rings (SSSR count). The van der Waals surface area contributed by atoms with Gasteiger partial charge in [-0.3, -0.25) is 18.6 Å². The number of aryl methyl sites for hydroxylation is 1. The van der Waals surface area contributed by atoms with Crippen LogP contribution in [0.4, 0.5) is 0 Å². The highest BCUT2D eigenvalue weighted by Crippen LogP contribution is 2.39. The van der Waals surface area contributed by atoms with Crippen molar-refractivity contribution in [3.63, 3.8) is 0 Å². The second-order valence-corrected chi connectivity index (χ2v) is 22.7. The van der Waals surface area contributed by atoms with E-state index in [-0.39, 0.29) is 4.90 Å². The molecular formula is C63H64N10O2S. The molecule has 6 aromatic heterocycles. The number of imidazole rings is 2. The molecule has 0 aliphatic heterocycles. The van der Waals surface area contributed by atoms with Gasteiger partial charge in [-0.1, -0.05) is 139 Å². The molecule has 2 aliphatic rings. The molecule has 11 aromatic rings. The van der Waals surface area contributed by atoms with Crippen molar-refractivity contribution in [2.24, 2.45) is 0 Å². The summed E-state index contributed by atoms with van der Waals surface area (Å²) in [5.74, 6) is 0.872. The van der Waals surface area contributed by atoms with E-state index in [0.29, 0.717) is 29.6 Å². The molecule has 6 heterocycles.